The van der Waals surface area contributed by atoms with Gasteiger partial charge in [-0.2, -0.15) is 5.10 Å². The monoisotopic (exact) mass is 272 g/mol. The first kappa shape index (κ1) is 12.2. The van der Waals surface area contributed by atoms with Gasteiger partial charge in [0.25, 0.3) is 0 Å². The Kier molecular flexibility index (Phi) is 3.21. The van der Waals surface area contributed by atoms with Crippen molar-refractivity contribution >= 4 is 27.2 Å². The van der Waals surface area contributed by atoms with E-state index in [0.717, 1.165) is 22.8 Å². The second kappa shape index (κ2) is 5.01. The van der Waals surface area contributed by atoms with Gasteiger partial charge in [0, 0.05) is 12.7 Å². The molecule has 0 radical (unpaired) electrons. The first-order valence-electron chi connectivity index (χ1n) is 6.40. The summed E-state index contributed by atoms with van der Waals surface area (Å²) in [5, 5.41) is 8.80. The zero-order valence-electron chi connectivity index (χ0n) is 11.0. The second-order valence-corrected chi connectivity index (χ2v) is 5.53. The fourth-order valence-electron chi connectivity index (χ4n) is 2.00. The minimum absolute atomic E-state index is 0.187. The number of aromatic nitrogens is 3. The van der Waals surface area contributed by atoms with Crippen LogP contribution in [-0.4, -0.2) is 14.8 Å². The Balaban J connectivity index is 1.81. The molecule has 1 atom stereocenters. The summed E-state index contributed by atoms with van der Waals surface area (Å²) in [5.41, 5.74) is 2.11. The minimum Gasteiger partial charge on any atom is -0.374 e. The number of nitrogens with zero attached hydrogens (tertiary/aromatic N) is 3. The van der Waals surface area contributed by atoms with Gasteiger partial charge in [-0.15, -0.1) is 11.3 Å². The predicted octanol–water partition coefficient (Wildman–Crippen LogP) is 3.69. The van der Waals surface area contributed by atoms with Crippen LogP contribution in [0.1, 0.15) is 24.9 Å². The highest BCUT2D eigenvalue weighted by atomic mass is 32.1. The highest BCUT2D eigenvalue weighted by Gasteiger charge is 2.11. The first-order chi connectivity index (χ1) is 9.26. The van der Waals surface area contributed by atoms with Crippen molar-refractivity contribution in [2.75, 3.05) is 5.32 Å². The van der Waals surface area contributed by atoms with Crippen LogP contribution in [0.15, 0.2) is 36.7 Å². The Morgan fingerprint density at radius 3 is 2.95 bits per heavy atom. The summed E-state index contributed by atoms with van der Waals surface area (Å²) in [4.78, 5) is 4.66. The van der Waals surface area contributed by atoms with Crippen molar-refractivity contribution in [1.82, 2.24) is 14.8 Å². The largest absolute Gasteiger partial charge is 0.374 e. The number of nitrogens with one attached hydrogen (secondary N) is 1. The summed E-state index contributed by atoms with van der Waals surface area (Å²) < 4.78 is 3.14. The van der Waals surface area contributed by atoms with Crippen molar-refractivity contribution in [3.05, 3.63) is 41.7 Å². The fourth-order valence-corrected chi connectivity index (χ4v) is 2.97. The number of para-hydroxylation sites is 1. The number of aryl methyl sites for hydroxylation is 1. The molecule has 0 amide bonds. The third-order valence-electron chi connectivity index (χ3n) is 3.02. The molecule has 0 bridgehead atoms. The maximum absolute atomic E-state index is 4.66. The van der Waals surface area contributed by atoms with E-state index < -0.39 is 0 Å². The van der Waals surface area contributed by atoms with Crippen molar-refractivity contribution in [3.8, 4) is 0 Å². The van der Waals surface area contributed by atoms with Crippen molar-refractivity contribution in [3.63, 3.8) is 0 Å². The van der Waals surface area contributed by atoms with E-state index in [0.29, 0.717) is 0 Å². The van der Waals surface area contributed by atoms with Crippen LogP contribution in [0.3, 0.4) is 0 Å². The lowest BCUT2D eigenvalue weighted by Gasteiger charge is -2.09. The molecule has 98 valence electrons. The van der Waals surface area contributed by atoms with Crippen molar-refractivity contribution < 1.29 is 0 Å². The molecule has 1 unspecified atom stereocenters. The van der Waals surface area contributed by atoms with Gasteiger partial charge in [0.1, 0.15) is 5.01 Å². The maximum Gasteiger partial charge on any atom is 0.116 e. The Labute approximate surface area is 116 Å². The van der Waals surface area contributed by atoms with Crippen LogP contribution in [0.2, 0.25) is 0 Å². The average Bonchev–Trinajstić information content (AvgIpc) is 3.04. The molecule has 0 aliphatic heterocycles. The minimum atomic E-state index is 0.187. The van der Waals surface area contributed by atoms with Gasteiger partial charge in [-0.1, -0.05) is 12.1 Å². The molecule has 1 N–H and O–H groups in total. The lowest BCUT2D eigenvalue weighted by atomic mass is 10.3. The SMILES string of the molecule is CCn1cc(NC(C)c2nc3ccccc3s2)cn1. The average molecular weight is 272 g/mol. The van der Waals surface area contributed by atoms with Crippen LogP contribution in [0.5, 0.6) is 0 Å². The summed E-state index contributed by atoms with van der Waals surface area (Å²) in [6, 6.07) is 8.42. The van der Waals surface area contributed by atoms with Gasteiger partial charge in [0.05, 0.1) is 28.1 Å². The Morgan fingerprint density at radius 2 is 2.21 bits per heavy atom. The Morgan fingerprint density at radius 1 is 1.37 bits per heavy atom. The smallest absolute Gasteiger partial charge is 0.116 e. The molecule has 4 nitrogen and oxygen atoms in total. The van der Waals surface area contributed by atoms with E-state index in [-0.39, 0.29) is 6.04 Å². The molecular formula is C14H16N4S. The molecule has 3 aromatic rings. The van der Waals surface area contributed by atoms with E-state index in [2.05, 4.69) is 41.4 Å². The maximum atomic E-state index is 4.66. The van der Waals surface area contributed by atoms with Crippen molar-refractivity contribution in [1.29, 1.82) is 0 Å². The summed E-state index contributed by atoms with van der Waals surface area (Å²) in [6.07, 6.45) is 3.87. The highest BCUT2D eigenvalue weighted by molar-refractivity contribution is 7.18. The molecule has 0 aliphatic carbocycles. The van der Waals surface area contributed by atoms with E-state index >= 15 is 0 Å². The van der Waals surface area contributed by atoms with Crippen molar-refractivity contribution in [2.45, 2.75) is 26.4 Å². The summed E-state index contributed by atoms with van der Waals surface area (Å²) in [7, 11) is 0. The summed E-state index contributed by atoms with van der Waals surface area (Å²) >= 11 is 1.74. The van der Waals surface area contributed by atoms with E-state index in [4.69, 9.17) is 0 Å². The van der Waals surface area contributed by atoms with E-state index in [1.807, 2.05) is 29.2 Å². The topological polar surface area (TPSA) is 42.7 Å². The van der Waals surface area contributed by atoms with Crippen LogP contribution in [0.25, 0.3) is 10.2 Å². The second-order valence-electron chi connectivity index (χ2n) is 4.47. The van der Waals surface area contributed by atoms with Gasteiger partial charge >= 0.3 is 0 Å². The molecule has 0 spiro atoms. The molecule has 0 saturated heterocycles. The molecule has 0 aliphatic rings. The van der Waals surface area contributed by atoms with Gasteiger partial charge in [-0.05, 0) is 26.0 Å². The standard InChI is InChI=1S/C14H16N4S/c1-3-18-9-11(8-15-18)16-10(2)14-17-12-6-4-5-7-13(12)19-14/h4-10,16H,3H2,1-2H3. The van der Waals surface area contributed by atoms with E-state index in [1.165, 1.54) is 4.70 Å². The lowest BCUT2D eigenvalue weighted by Crippen LogP contribution is -2.05. The third kappa shape index (κ3) is 2.46. The molecule has 5 heteroatoms. The number of fused-ring (bicyclic) bond motifs is 1. The number of thiazole rings is 1. The van der Waals surface area contributed by atoms with Gasteiger partial charge in [0.2, 0.25) is 0 Å². The van der Waals surface area contributed by atoms with Gasteiger partial charge < -0.3 is 5.32 Å². The van der Waals surface area contributed by atoms with Crippen LogP contribution in [-0.2, 0) is 6.54 Å². The van der Waals surface area contributed by atoms with Crippen molar-refractivity contribution in [2.24, 2.45) is 0 Å². The predicted molar refractivity (Wildman–Crippen MR) is 79.6 cm³/mol. The summed E-state index contributed by atoms with van der Waals surface area (Å²) in [5.74, 6) is 0. The van der Waals surface area contributed by atoms with Gasteiger partial charge in [-0.3, -0.25) is 4.68 Å². The normalized spacial score (nSPS) is 12.7. The molecule has 0 saturated carbocycles. The van der Waals surface area contributed by atoms with Crippen LogP contribution < -0.4 is 5.32 Å². The number of hydrogen-bond donors (Lipinski definition) is 1. The fraction of sp³-hybridized carbons (Fsp3) is 0.286. The molecule has 1 aromatic carbocycles. The summed E-state index contributed by atoms with van der Waals surface area (Å²) in [6.45, 7) is 5.09. The van der Waals surface area contributed by atoms with Gasteiger partial charge in [0.15, 0.2) is 0 Å². The highest BCUT2D eigenvalue weighted by Crippen LogP contribution is 2.27. The van der Waals surface area contributed by atoms with Gasteiger partial charge in [-0.25, -0.2) is 4.98 Å². The van der Waals surface area contributed by atoms with Crippen LogP contribution in [0, 0.1) is 0 Å². The third-order valence-corrected chi connectivity index (χ3v) is 4.24. The van der Waals surface area contributed by atoms with Crippen LogP contribution >= 0.6 is 11.3 Å². The quantitative estimate of drug-likeness (QED) is 0.787. The molecular weight excluding hydrogens is 256 g/mol. The number of hydrogen-bond acceptors (Lipinski definition) is 4. The first-order valence-corrected chi connectivity index (χ1v) is 7.22. The zero-order chi connectivity index (χ0) is 13.2. The molecule has 2 aromatic heterocycles. The zero-order valence-corrected chi connectivity index (χ0v) is 11.8. The number of anilines is 1. The number of rotatable bonds is 4. The Hall–Kier alpha value is -1.88. The van der Waals surface area contributed by atoms with Crippen LogP contribution in [0.4, 0.5) is 5.69 Å². The van der Waals surface area contributed by atoms with E-state index in [9.17, 15) is 0 Å². The molecule has 2 heterocycles. The number of benzene rings is 1. The Bertz CT molecular complexity index is 652. The molecule has 3 rings (SSSR count). The molecule has 19 heavy (non-hydrogen) atoms. The lowest BCUT2D eigenvalue weighted by molar-refractivity contribution is 0.660. The van der Waals surface area contributed by atoms with E-state index in [1.54, 1.807) is 11.3 Å². The molecule has 0 fully saturated rings.